The van der Waals surface area contributed by atoms with Gasteiger partial charge in [0.2, 0.25) is 0 Å². The summed E-state index contributed by atoms with van der Waals surface area (Å²) in [5.41, 5.74) is 0.391. The summed E-state index contributed by atoms with van der Waals surface area (Å²) in [6.45, 7) is 5.72. The van der Waals surface area contributed by atoms with Crippen molar-refractivity contribution in [2.45, 2.75) is 71.3 Å². The van der Waals surface area contributed by atoms with Crippen LogP contribution in [0.25, 0.3) is 0 Å². The Labute approximate surface area is 116 Å². The van der Waals surface area contributed by atoms with Gasteiger partial charge in [-0.05, 0) is 37.5 Å². The van der Waals surface area contributed by atoms with Gasteiger partial charge in [-0.1, -0.05) is 57.6 Å². The highest BCUT2D eigenvalue weighted by molar-refractivity contribution is 5.27. The zero-order valence-electron chi connectivity index (χ0n) is 12.5. The minimum Gasteiger partial charge on any atom is -0.385 e. The van der Waals surface area contributed by atoms with Gasteiger partial charge in [0.1, 0.15) is 5.82 Å². The molecule has 0 bridgehead atoms. The first-order valence-corrected chi connectivity index (χ1v) is 7.46. The summed E-state index contributed by atoms with van der Waals surface area (Å²) in [5, 5.41) is 10.4. The van der Waals surface area contributed by atoms with Crippen LogP contribution in [0, 0.1) is 12.7 Å². The van der Waals surface area contributed by atoms with Crippen LogP contribution < -0.4 is 0 Å². The molecule has 1 aromatic carbocycles. The average Bonchev–Trinajstić information content (AvgIpc) is 2.36. The van der Waals surface area contributed by atoms with Crippen molar-refractivity contribution >= 4 is 0 Å². The summed E-state index contributed by atoms with van der Waals surface area (Å²) < 4.78 is 13.5. The molecule has 2 heteroatoms. The number of unbranched alkanes of at least 4 members (excludes halogenated alkanes) is 5. The molecule has 108 valence electrons. The second-order valence-electron chi connectivity index (χ2n) is 5.76. The van der Waals surface area contributed by atoms with Crippen LogP contribution in [0.4, 0.5) is 4.39 Å². The van der Waals surface area contributed by atoms with Crippen molar-refractivity contribution in [3.05, 3.63) is 35.1 Å². The summed E-state index contributed by atoms with van der Waals surface area (Å²) in [6.07, 6.45) is 7.88. The van der Waals surface area contributed by atoms with Crippen LogP contribution in [0.1, 0.15) is 69.9 Å². The fourth-order valence-electron chi connectivity index (χ4n) is 2.32. The predicted octanol–water partition coefficient (Wildman–Crippen LogP) is 5.09. The Morgan fingerprint density at radius 1 is 1.11 bits per heavy atom. The van der Waals surface area contributed by atoms with E-state index < -0.39 is 5.60 Å². The van der Waals surface area contributed by atoms with Gasteiger partial charge in [-0.3, -0.25) is 0 Å². The molecule has 0 saturated heterocycles. The number of rotatable bonds is 8. The van der Waals surface area contributed by atoms with Crippen molar-refractivity contribution in [3.63, 3.8) is 0 Å². The SMILES string of the molecule is CCCCCCCCC(C)(O)c1ccc(C)c(F)c1. The first-order valence-electron chi connectivity index (χ1n) is 7.46. The summed E-state index contributed by atoms with van der Waals surface area (Å²) in [6, 6.07) is 5.03. The van der Waals surface area contributed by atoms with Gasteiger partial charge >= 0.3 is 0 Å². The van der Waals surface area contributed by atoms with Crippen molar-refractivity contribution in [2.75, 3.05) is 0 Å². The highest BCUT2D eigenvalue weighted by Crippen LogP contribution is 2.28. The van der Waals surface area contributed by atoms with Gasteiger partial charge in [0, 0.05) is 0 Å². The molecule has 0 aromatic heterocycles. The van der Waals surface area contributed by atoms with Crippen LogP contribution in [-0.2, 0) is 5.60 Å². The van der Waals surface area contributed by atoms with E-state index >= 15 is 0 Å². The van der Waals surface area contributed by atoms with Crippen molar-refractivity contribution in [2.24, 2.45) is 0 Å². The highest BCUT2D eigenvalue weighted by atomic mass is 19.1. The molecule has 1 rings (SSSR count). The van der Waals surface area contributed by atoms with E-state index in [1.165, 1.54) is 31.7 Å². The molecular formula is C17H27FO. The van der Waals surface area contributed by atoms with Crippen molar-refractivity contribution in [1.29, 1.82) is 0 Å². The molecule has 0 spiro atoms. The fourth-order valence-corrected chi connectivity index (χ4v) is 2.32. The molecule has 0 aliphatic heterocycles. The summed E-state index contributed by atoms with van der Waals surface area (Å²) in [7, 11) is 0. The molecule has 0 saturated carbocycles. The first-order chi connectivity index (χ1) is 8.97. The summed E-state index contributed by atoms with van der Waals surface area (Å²) in [4.78, 5) is 0. The van der Waals surface area contributed by atoms with Crippen LogP contribution in [-0.4, -0.2) is 5.11 Å². The minimum atomic E-state index is -0.917. The molecule has 1 aromatic rings. The van der Waals surface area contributed by atoms with Crippen LogP contribution in [0.5, 0.6) is 0 Å². The predicted molar refractivity (Wildman–Crippen MR) is 78.7 cm³/mol. The number of aryl methyl sites for hydroxylation is 1. The third kappa shape index (κ3) is 5.32. The molecule has 0 amide bonds. The highest BCUT2D eigenvalue weighted by Gasteiger charge is 2.23. The van der Waals surface area contributed by atoms with Crippen LogP contribution in [0.15, 0.2) is 18.2 Å². The van der Waals surface area contributed by atoms with E-state index in [0.717, 1.165) is 12.8 Å². The van der Waals surface area contributed by atoms with E-state index in [4.69, 9.17) is 0 Å². The standard InChI is InChI=1S/C17H27FO/c1-4-5-6-7-8-9-12-17(3,19)15-11-10-14(2)16(18)13-15/h10-11,13,19H,4-9,12H2,1-3H3. The molecule has 1 atom stereocenters. The third-order valence-electron chi connectivity index (χ3n) is 3.81. The lowest BCUT2D eigenvalue weighted by Crippen LogP contribution is -2.21. The van der Waals surface area contributed by atoms with E-state index in [9.17, 15) is 9.50 Å². The normalized spacial score (nSPS) is 14.4. The second kappa shape index (κ2) is 7.64. The number of aliphatic hydroxyl groups is 1. The van der Waals surface area contributed by atoms with Crippen molar-refractivity contribution in [1.82, 2.24) is 0 Å². The van der Waals surface area contributed by atoms with Gasteiger partial charge < -0.3 is 5.11 Å². The average molecular weight is 266 g/mol. The molecule has 1 nitrogen and oxygen atoms in total. The summed E-state index contributed by atoms with van der Waals surface area (Å²) in [5.74, 6) is -0.235. The van der Waals surface area contributed by atoms with Crippen molar-refractivity contribution in [3.8, 4) is 0 Å². The van der Waals surface area contributed by atoms with E-state index in [2.05, 4.69) is 6.92 Å². The molecule has 1 unspecified atom stereocenters. The van der Waals surface area contributed by atoms with E-state index in [1.54, 1.807) is 19.9 Å². The topological polar surface area (TPSA) is 20.2 Å². The smallest absolute Gasteiger partial charge is 0.126 e. The Morgan fingerprint density at radius 3 is 2.37 bits per heavy atom. The Bertz CT molecular complexity index is 385. The van der Waals surface area contributed by atoms with E-state index in [0.29, 0.717) is 17.5 Å². The number of hydrogen-bond acceptors (Lipinski definition) is 1. The molecule has 0 fully saturated rings. The lowest BCUT2D eigenvalue weighted by molar-refractivity contribution is 0.0445. The van der Waals surface area contributed by atoms with E-state index in [-0.39, 0.29) is 5.82 Å². The van der Waals surface area contributed by atoms with Gasteiger partial charge in [-0.2, -0.15) is 0 Å². The lowest BCUT2D eigenvalue weighted by atomic mass is 9.89. The first kappa shape index (κ1) is 16.2. The minimum absolute atomic E-state index is 0.235. The molecule has 1 N–H and O–H groups in total. The Balaban J connectivity index is 2.44. The molecule has 0 aliphatic rings. The van der Waals surface area contributed by atoms with Gasteiger partial charge in [-0.25, -0.2) is 4.39 Å². The quantitative estimate of drug-likeness (QED) is 0.650. The second-order valence-corrected chi connectivity index (χ2v) is 5.76. The lowest BCUT2D eigenvalue weighted by Gasteiger charge is -2.24. The van der Waals surface area contributed by atoms with Crippen LogP contribution >= 0.6 is 0 Å². The maximum absolute atomic E-state index is 13.5. The van der Waals surface area contributed by atoms with Gasteiger partial charge in [0.25, 0.3) is 0 Å². The van der Waals surface area contributed by atoms with Crippen LogP contribution in [0.3, 0.4) is 0 Å². The number of hydrogen-bond donors (Lipinski definition) is 1. The van der Waals surface area contributed by atoms with Gasteiger partial charge in [-0.15, -0.1) is 0 Å². The molecule has 0 radical (unpaired) electrons. The molecular weight excluding hydrogens is 239 g/mol. The summed E-state index contributed by atoms with van der Waals surface area (Å²) >= 11 is 0. The molecule has 19 heavy (non-hydrogen) atoms. The monoisotopic (exact) mass is 266 g/mol. The van der Waals surface area contributed by atoms with Gasteiger partial charge in [0.15, 0.2) is 0 Å². The third-order valence-corrected chi connectivity index (χ3v) is 3.81. The zero-order valence-corrected chi connectivity index (χ0v) is 12.5. The Hall–Kier alpha value is -0.890. The maximum atomic E-state index is 13.5. The molecule has 0 aliphatic carbocycles. The zero-order chi connectivity index (χ0) is 14.3. The molecule has 0 heterocycles. The fraction of sp³-hybridized carbons (Fsp3) is 0.647. The number of benzene rings is 1. The van der Waals surface area contributed by atoms with Gasteiger partial charge in [0.05, 0.1) is 5.60 Å². The largest absolute Gasteiger partial charge is 0.385 e. The van der Waals surface area contributed by atoms with E-state index in [1.807, 2.05) is 6.07 Å². The van der Waals surface area contributed by atoms with Crippen LogP contribution in [0.2, 0.25) is 0 Å². The maximum Gasteiger partial charge on any atom is 0.126 e. The number of halogens is 1. The Kier molecular flexibility index (Phi) is 6.50. The van der Waals surface area contributed by atoms with Crippen molar-refractivity contribution < 1.29 is 9.50 Å². The Morgan fingerprint density at radius 2 is 1.74 bits per heavy atom.